The van der Waals surface area contributed by atoms with E-state index < -0.39 is 0 Å². The molecule has 3 N–H and O–H groups in total. The third-order valence-electron chi connectivity index (χ3n) is 3.42. The Morgan fingerprint density at radius 2 is 2.22 bits per heavy atom. The number of aromatic hydroxyl groups is 1. The Kier molecular flexibility index (Phi) is 3.87. The highest BCUT2D eigenvalue weighted by molar-refractivity contribution is 5.94. The van der Waals surface area contributed by atoms with Crippen LogP contribution in [0, 0.1) is 12.8 Å². The van der Waals surface area contributed by atoms with Crippen LogP contribution in [0.4, 0.5) is 0 Å². The van der Waals surface area contributed by atoms with Gasteiger partial charge in [0, 0.05) is 18.2 Å². The van der Waals surface area contributed by atoms with Crippen LogP contribution in [0.3, 0.4) is 0 Å². The fraction of sp³-hybridized carbons (Fsp3) is 0.500. The van der Waals surface area contributed by atoms with Crippen molar-refractivity contribution in [3.63, 3.8) is 0 Å². The lowest BCUT2D eigenvalue weighted by Crippen LogP contribution is -2.37. The summed E-state index contributed by atoms with van der Waals surface area (Å²) in [6.07, 6.45) is 2.82. The minimum absolute atomic E-state index is 0.0472. The van der Waals surface area contributed by atoms with Crippen molar-refractivity contribution in [2.45, 2.75) is 32.2 Å². The molecule has 0 aliphatic heterocycles. The van der Waals surface area contributed by atoms with Crippen molar-refractivity contribution in [1.29, 1.82) is 0 Å². The van der Waals surface area contributed by atoms with Crippen molar-refractivity contribution in [2.75, 3.05) is 6.61 Å². The Morgan fingerprint density at radius 1 is 1.50 bits per heavy atom. The summed E-state index contributed by atoms with van der Waals surface area (Å²) in [6, 6.07) is 4.95. The van der Waals surface area contributed by atoms with E-state index in [1.807, 2.05) is 0 Å². The molecule has 1 amide bonds. The van der Waals surface area contributed by atoms with Crippen molar-refractivity contribution >= 4 is 5.91 Å². The van der Waals surface area contributed by atoms with Gasteiger partial charge in [0.15, 0.2) is 0 Å². The van der Waals surface area contributed by atoms with Gasteiger partial charge in [0.2, 0.25) is 0 Å². The fourth-order valence-corrected chi connectivity index (χ4v) is 2.07. The zero-order valence-corrected chi connectivity index (χ0v) is 10.5. The van der Waals surface area contributed by atoms with E-state index in [1.54, 1.807) is 19.1 Å². The molecule has 0 aromatic heterocycles. The standard InChI is InChI=1S/C14H19NO3/c1-9-2-3-11(8-13(9)17)14(18)15-12(6-7-16)10-4-5-10/h2-3,8,10,12,16-17H,4-7H2,1H3,(H,15,18). The zero-order valence-electron chi connectivity index (χ0n) is 10.5. The maximum atomic E-state index is 12.0. The first-order valence-electron chi connectivity index (χ1n) is 6.33. The SMILES string of the molecule is Cc1ccc(C(=O)NC(CCO)C2CC2)cc1O. The second kappa shape index (κ2) is 5.40. The third-order valence-corrected chi connectivity index (χ3v) is 3.42. The molecular weight excluding hydrogens is 230 g/mol. The molecule has 0 heterocycles. The van der Waals surface area contributed by atoms with Gasteiger partial charge in [0.05, 0.1) is 0 Å². The molecule has 1 aliphatic carbocycles. The number of aliphatic hydroxyl groups is 1. The Balaban J connectivity index is 2.03. The molecule has 1 fully saturated rings. The van der Waals surface area contributed by atoms with E-state index in [4.69, 9.17) is 5.11 Å². The molecule has 0 bridgehead atoms. The number of aliphatic hydroxyl groups excluding tert-OH is 1. The van der Waals surface area contributed by atoms with E-state index in [0.717, 1.165) is 18.4 Å². The largest absolute Gasteiger partial charge is 0.508 e. The van der Waals surface area contributed by atoms with Crippen molar-refractivity contribution in [2.24, 2.45) is 5.92 Å². The first-order chi connectivity index (χ1) is 8.61. The quantitative estimate of drug-likeness (QED) is 0.742. The summed E-state index contributed by atoms with van der Waals surface area (Å²) < 4.78 is 0. The molecule has 98 valence electrons. The number of carbonyl (C=O) groups is 1. The second-order valence-electron chi connectivity index (χ2n) is 4.93. The van der Waals surface area contributed by atoms with Crippen LogP contribution < -0.4 is 5.32 Å². The van der Waals surface area contributed by atoms with Crippen LogP contribution in [-0.2, 0) is 0 Å². The molecule has 4 nitrogen and oxygen atoms in total. The smallest absolute Gasteiger partial charge is 0.251 e. The first-order valence-corrected chi connectivity index (χ1v) is 6.33. The topological polar surface area (TPSA) is 69.6 Å². The highest BCUT2D eigenvalue weighted by Crippen LogP contribution is 2.34. The Morgan fingerprint density at radius 3 is 2.78 bits per heavy atom. The lowest BCUT2D eigenvalue weighted by molar-refractivity contribution is 0.0924. The Labute approximate surface area is 107 Å². The number of carbonyl (C=O) groups excluding carboxylic acids is 1. The Bertz CT molecular complexity index is 441. The van der Waals surface area contributed by atoms with Gasteiger partial charge >= 0.3 is 0 Å². The summed E-state index contributed by atoms with van der Waals surface area (Å²) in [5.74, 6) is 0.448. The number of rotatable bonds is 5. The minimum atomic E-state index is -0.185. The summed E-state index contributed by atoms with van der Waals surface area (Å²) in [5.41, 5.74) is 1.21. The van der Waals surface area contributed by atoms with E-state index in [0.29, 0.717) is 17.9 Å². The van der Waals surface area contributed by atoms with E-state index in [9.17, 15) is 9.90 Å². The highest BCUT2D eigenvalue weighted by Gasteiger charge is 2.31. The summed E-state index contributed by atoms with van der Waals surface area (Å²) in [6.45, 7) is 1.87. The third kappa shape index (κ3) is 3.01. The summed E-state index contributed by atoms with van der Waals surface area (Å²) in [7, 11) is 0. The lowest BCUT2D eigenvalue weighted by Gasteiger charge is -2.17. The molecule has 0 saturated heterocycles. The molecule has 1 saturated carbocycles. The number of benzene rings is 1. The van der Waals surface area contributed by atoms with E-state index in [-0.39, 0.29) is 24.3 Å². The van der Waals surface area contributed by atoms with Crippen LogP contribution in [-0.4, -0.2) is 28.8 Å². The number of amides is 1. The van der Waals surface area contributed by atoms with E-state index in [1.165, 1.54) is 6.07 Å². The second-order valence-corrected chi connectivity index (χ2v) is 4.93. The van der Waals surface area contributed by atoms with Crippen LogP contribution in [0.2, 0.25) is 0 Å². The van der Waals surface area contributed by atoms with Gasteiger partial charge in [-0.25, -0.2) is 0 Å². The minimum Gasteiger partial charge on any atom is -0.508 e. The predicted molar refractivity (Wildman–Crippen MR) is 68.5 cm³/mol. The van der Waals surface area contributed by atoms with Gasteiger partial charge in [-0.05, 0) is 49.8 Å². The first kappa shape index (κ1) is 12.9. The van der Waals surface area contributed by atoms with Crippen LogP contribution in [0.1, 0.15) is 35.2 Å². The molecule has 4 heteroatoms. The maximum Gasteiger partial charge on any atom is 0.251 e. The van der Waals surface area contributed by atoms with Gasteiger partial charge < -0.3 is 15.5 Å². The monoisotopic (exact) mass is 249 g/mol. The summed E-state index contributed by atoms with van der Waals surface area (Å²) in [4.78, 5) is 12.0. The van der Waals surface area contributed by atoms with Crippen molar-refractivity contribution in [1.82, 2.24) is 5.32 Å². The molecule has 18 heavy (non-hydrogen) atoms. The molecule has 0 spiro atoms. The number of nitrogens with one attached hydrogen (secondary N) is 1. The summed E-state index contributed by atoms with van der Waals surface area (Å²) >= 11 is 0. The van der Waals surface area contributed by atoms with Gasteiger partial charge in [-0.15, -0.1) is 0 Å². The number of phenols is 1. The van der Waals surface area contributed by atoms with E-state index in [2.05, 4.69) is 5.32 Å². The average Bonchev–Trinajstić information content (AvgIpc) is 3.16. The van der Waals surface area contributed by atoms with Crippen molar-refractivity contribution in [3.8, 4) is 5.75 Å². The molecule has 1 aliphatic rings. The molecule has 1 aromatic rings. The molecule has 1 aromatic carbocycles. The van der Waals surface area contributed by atoms with Crippen LogP contribution >= 0.6 is 0 Å². The molecule has 1 unspecified atom stereocenters. The zero-order chi connectivity index (χ0) is 13.1. The number of phenolic OH excluding ortho intramolecular Hbond substituents is 1. The van der Waals surface area contributed by atoms with E-state index >= 15 is 0 Å². The fourth-order valence-electron chi connectivity index (χ4n) is 2.07. The predicted octanol–water partition coefficient (Wildman–Crippen LogP) is 1.59. The van der Waals surface area contributed by atoms with Crippen molar-refractivity contribution in [3.05, 3.63) is 29.3 Å². The van der Waals surface area contributed by atoms with Crippen molar-refractivity contribution < 1.29 is 15.0 Å². The highest BCUT2D eigenvalue weighted by atomic mass is 16.3. The van der Waals surface area contributed by atoms with Crippen LogP contribution in [0.25, 0.3) is 0 Å². The number of hydrogen-bond donors (Lipinski definition) is 3. The lowest BCUT2D eigenvalue weighted by atomic mass is 10.1. The Hall–Kier alpha value is -1.55. The van der Waals surface area contributed by atoms with Crippen LogP contribution in [0.5, 0.6) is 5.75 Å². The summed E-state index contributed by atoms with van der Waals surface area (Å²) in [5, 5.41) is 21.5. The van der Waals surface area contributed by atoms with Gasteiger partial charge in [-0.2, -0.15) is 0 Å². The van der Waals surface area contributed by atoms with Gasteiger partial charge in [0.25, 0.3) is 5.91 Å². The number of hydrogen-bond acceptors (Lipinski definition) is 3. The molecule has 0 radical (unpaired) electrons. The molecule has 1 atom stereocenters. The van der Waals surface area contributed by atoms with Crippen LogP contribution in [0.15, 0.2) is 18.2 Å². The molecular formula is C14H19NO3. The molecule has 2 rings (SSSR count). The van der Waals surface area contributed by atoms with Gasteiger partial charge in [-0.3, -0.25) is 4.79 Å². The average molecular weight is 249 g/mol. The number of aryl methyl sites for hydroxylation is 1. The maximum absolute atomic E-state index is 12.0. The van der Waals surface area contributed by atoms with Gasteiger partial charge in [-0.1, -0.05) is 6.07 Å². The normalized spacial score (nSPS) is 16.3. The van der Waals surface area contributed by atoms with Gasteiger partial charge in [0.1, 0.15) is 5.75 Å².